The zero-order valence-corrected chi connectivity index (χ0v) is 8.17. The Morgan fingerprint density at radius 3 is 2.71 bits per heavy atom. The fraction of sp³-hybridized carbons (Fsp3) is 0.143. The second-order valence-corrected chi connectivity index (χ2v) is 3.50. The fourth-order valence-corrected chi connectivity index (χ4v) is 1.30. The SMILES string of the molecule is FC(F)(F)c1nc2cc(Br)ccn2n1. The third-order valence-electron chi connectivity index (χ3n) is 1.55. The summed E-state index contributed by atoms with van der Waals surface area (Å²) in [5, 5.41) is 3.28. The van der Waals surface area contributed by atoms with Crippen LogP contribution >= 0.6 is 15.9 Å². The van der Waals surface area contributed by atoms with Crippen molar-refractivity contribution >= 4 is 21.6 Å². The van der Waals surface area contributed by atoms with Crippen molar-refractivity contribution in [2.24, 2.45) is 0 Å². The molecule has 2 heterocycles. The molecule has 0 N–H and O–H groups in total. The minimum absolute atomic E-state index is 0.159. The summed E-state index contributed by atoms with van der Waals surface area (Å²) in [6, 6.07) is 3.05. The van der Waals surface area contributed by atoms with Gasteiger partial charge in [0.2, 0.25) is 0 Å². The van der Waals surface area contributed by atoms with Gasteiger partial charge in [-0.05, 0) is 12.1 Å². The molecule has 0 aromatic carbocycles. The van der Waals surface area contributed by atoms with Crippen LogP contribution in [0, 0.1) is 0 Å². The molecule has 0 saturated heterocycles. The van der Waals surface area contributed by atoms with E-state index in [9.17, 15) is 13.2 Å². The van der Waals surface area contributed by atoms with E-state index in [4.69, 9.17) is 0 Å². The molecule has 0 bridgehead atoms. The molecule has 0 aliphatic heterocycles. The van der Waals surface area contributed by atoms with Crippen molar-refractivity contribution in [1.29, 1.82) is 0 Å². The van der Waals surface area contributed by atoms with Crippen LogP contribution in [0.15, 0.2) is 22.8 Å². The van der Waals surface area contributed by atoms with Gasteiger partial charge in [-0.2, -0.15) is 13.2 Å². The number of fused-ring (bicyclic) bond motifs is 1. The zero-order chi connectivity index (χ0) is 10.3. The first-order valence-electron chi connectivity index (χ1n) is 3.56. The summed E-state index contributed by atoms with van der Waals surface area (Å²) < 4.78 is 38.3. The third kappa shape index (κ3) is 1.59. The molecule has 0 atom stereocenters. The Hall–Kier alpha value is -1.11. The van der Waals surface area contributed by atoms with Crippen molar-refractivity contribution in [2.45, 2.75) is 6.18 Å². The minimum Gasteiger partial charge on any atom is -0.220 e. The minimum atomic E-state index is -4.50. The topological polar surface area (TPSA) is 30.2 Å². The summed E-state index contributed by atoms with van der Waals surface area (Å²) in [5.74, 6) is -1.13. The Balaban J connectivity index is 2.63. The molecule has 0 radical (unpaired) electrons. The molecule has 2 aromatic rings. The smallest absolute Gasteiger partial charge is 0.220 e. The lowest BCUT2D eigenvalue weighted by atomic mass is 10.5. The highest BCUT2D eigenvalue weighted by atomic mass is 79.9. The van der Waals surface area contributed by atoms with Gasteiger partial charge in [0.15, 0.2) is 5.65 Å². The lowest BCUT2D eigenvalue weighted by Gasteiger charge is -1.96. The average Bonchev–Trinajstić information content (AvgIpc) is 2.45. The normalized spacial score (nSPS) is 12.3. The van der Waals surface area contributed by atoms with Crippen molar-refractivity contribution in [2.75, 3.05) is 0 Å². The molecule has 0 spiro atoms. The van der Waals surface area contributed by atoms with E-state index in [2.05, 4.69) is 26.0 Å². The molecule has 0 saturated carbocycles. The average molecular weight is 266 g/mol. The van der Waals surface area contributed by atoms with Crippen LogP contribution in [0.4, 0.5) is 13.2 Å². The van der Waals surface area contributed by atoms with Crippen molar-refractivity contribution in [3.8, 4) is 0 Å². The van der Waals surface area contributed by atoms with Crippen LogP contribution in [-0.4, -0.2) is 14.6 Å². The van der Waals surface area contributed by atoms with E-state index in [0.29, 0.717) is 4.47 Å². The molecule has 0 aliphatic rings. The Kier molecular flexibility index (Phi) is 1.99. The van der Waals surface area contributed by atoms with Crippen molar-refractivity contribution in [3.63, 3.8) is 0 Å². The second kappa shape index (κ2) is 2.94. The van der Waals surface area contributed by atoms with Gasteiger partial charge in [0.05, 0.1) is 0 Å². The molecular formula is C7H3BrF3N3. The molecule has 3 nitrogen and oxygen atoms in total. The molecule has 2 aromatic heterocycles. The number of aromatic nitrogens is 3. The van der Waals surface area contributed by atoms with Gasteiger partial charge in [0.1, 0.15) is 0 Å². The highest BCUT2D eigenvalue weighted by Crippen LogP contribution is 2.26. The van der Waals surface area contributed by atoms with E-state index in [-0.39, 0.29) is 5.65 Å². The molecule has 2 rings (SSSR count). The molecule has 74 valence electrons. The summed E-state index contributed by atoms with van der Waals surface area (Å²) in [4.78, 5) is 3.34. The number of hydrogen-bond acceptors (Lipinski definition) is 2. The number of halogens is 4. The second-order valence-electron chi connectivity index (χ2n) is 2.58. The number of rotatable bonds is 0. The van der Waals surface area contributed by atoms with Gasteiger partial charge in [-0.25, -0.2) is 9.50 Å². The summed E-state index contributed by atoms with van der Waals surface area (Å²) in [5.41, 5.74) is 0.159. The van der Waals surface area contributed by atoms with Gasteiger partial charge in [-0.1, -0.05) is 15.9 Å². The molecular weight excluding hydrogens is 263 g/mol. The summed E-state index contributed by atoms with van der Waals surface area (Å²) in [6.07, 6.45) is -3.10. The van der Waals surface area contributed by atoms with Crippen molar-refractivity contribution in [3.05, 3.63) is 28.6 Å². The first kappa shape index (κ1) is 9.45. The van der Waals surface area contributed by atoms with Gasteiger partial charge < -0.3 is 0 Å². The van der Waals surface area contributed by atoms with Crippen LogP contribution in [-0.2, 0) is 6.18 Å². The summed E-state index contributed by atoms with van der Waals surface area (Å²) in [7, 11) is 0. The Bertz CT molecular complexity index is 476. The van der Waals surface area contributed by atoms with Crippen LogP contribution < -0.4 is 0 Å². The number of alkyl halides is 3. The largest absolute Gasteiger partial charge is 0.453 e. The van der Waals surface area contributed by atoms with Crippen molar-refractivity contribution in [1.82, 2.24) is 14.6 Å². The maximum Gasteiger partial charge on any atom is 0.453 e. The van der Waals surface area contributed by atoms with Gasteiger partial charge in [-0.3, -0.25) is 0 Å². The van der Waals surface area contributed by atoms with Crippen LogP contribution in [0.3, 0.4) is 0 Å². The van der Waals surface area contributed by atoms with Gasteiger partial charge >= 0.3 is 6.18 Å². The van der Waals surface area contributed by atoms with E-state index in [1.807, 2.05) is 0 Å². The van der Waals surface area contributed by atoms with Gasteiger partial charge in [0, 0.05) is 10.7 Å². The van der Waals surface area contributed by atoms with Gasteiger partial charge in [0.25, 0.3) is 5.82 Å². The number of nitrogens with zero attached hydrogens (tertiary/aromatic N) is 3. The predicted molar refractivity (Wildman–Crippen MR) is 45.7 cm³/mol. The standard InChI is InChI=1S/C7H3BrF3N3/c8-4-1-2-14-5(3-4)12-6(13-14)7(9,10)11/h1-3H. The fourth-order valence-electron chi connectivity index (χ4n) is 0.977. The van der Waals surface area contributed by atoms with E-state index in [0.717, 1.165) is 4.52 Å². The predicted octanol–water partition coefficient (Wildman–Crippen LogP) is 2.51. The maximum atomic E-state index is 12.2. The Morgan fingerprint density at radius 1 is 1.36 bits per heavy atom. The third-order valence-corrected chi connectivity index (χ3v) is 2.05. The molecule has 0 aliphatic carbocycles. The summed E-state index contributed by atoms with van der Waals surface area (Å²) in [6.45, 7) is 0. The lowest BCUT2D eigenvalue weighted by molar-refractivity contribution is -0.144. The molecule has 0 fully saturated rings. The highest BCUT2D eigenvalue weighted by Gasteiger charge is 2.36. The maximum absolute atomic E-state index is 12.2. The molecule has 7 heteroatoms. The number of pyridine rings is 1. The first-order chi connectivity index (χ1) is 6.47. The van der Waals surface area contributed by atoms with E-state index < -0.39 is 12.0 Å². The highest BCUT2D eigenvalue weighted by molar-refractivity contribution is 9.10. The first-order valence-corrected chi connectivity index (χ1v) is 4.35. The van der Waals surface area contributed by atoms with E-state index in [1.165, 1.54) is 12.3 Å². The summed E-state index contributed by atoms with van der Waals surface area (Å²) >= 11 is 3.13. The van der Waals surface area contributed by atoms with E-state index >= 15 is 0 Å². The monoisotopic (exact) mass is 265 g/mol. The molecule has 0 amide bonds. The van der Waals surface area contributed by atoms with Crippen molar-refractivity contribution < 1.29 is 13.2 Å². The van der Waals surface area contributed by atoms with E-state index in [1.54, 1.807) is 6.07 Å². The quantitative estimate of drug-likeness (QED) is 0.733. The van der Waals surface area contributed by atoms with Crippen LogP contribution in [0.1, 0.15) is 5.82 Å². The van der Waals surface area contributed by atoms with Crippen LogP contribution in [0.2, 0.25) is 0 Å². The zero-order valence-electron chi connectivity index (χ0n) is 6.59. The molecule has 0 unspecified atom stereocenters. The lowest BCUT2D eigenvalue weighted by Crippen LogP contribution is -2.07. The molecule has 14 heavy (non-hydrogen) atoms. The van der Waals surface area contributed by atoms with Crippen LogP contribution in [0.5, 0.6) is 0 Å². The van der Waals surface area contributed by atoms with Gasteiger partial charge in [-0.15, -0.1) is 5.10 Å². The Labute approximate surface area is 84.7 Å². The van der Waals surface area contributed by atoms with Crippen LogP contribution in [0.25, 0.3) is 5.65 Å². The Morgan fingerprint density at radius 2 is 2.07 bits per heavy atom. The number of hydrogen-bond donors (Lipinski definition) is 0.